The molecule has 0 aromatic heterocycles. The molecule has 1 aliphatic rings. The maximum atomic E-state index is 11.6. The first-order chi connectivity index (χ1) is 4.11. The van der Waals surface area contributed by atoms with Crippen LogP contribution in [0, 0.1) is 0 Å². The van der Waals surface area contributed by atoms with Gasteiger partial charge in [0.1, 0.15) is 0 Å². The van der Waals surface area contributed by atoms with Gasteiger partial charge in [0.2, 0.25) is 6.10 Å². The zero-order valence-electron chi connectivity index (χ0n) is 4.35. The molecule has 9 heavy (non-hydrogen) atoms. The normalized spacial score (nSPS) is 26.3. The molecule has 0 aromatic carbocycles. The summed E-state index contributed by atoms with van der Waals surface area (Å²) in [6, 6.07) is 0. The average Bonchev–Trinajstić information content (AvgIpc) is 2.08. The topological polar surface area (TPSA) is 21.6 Å². The Labute approximate surface area is 49.3 Å². The van der Waals surface area contributed by atoms with Crippen molar-refractivity contribution in [3.05, 3.63) is 0 Å². The van der Waals surface area contributed by atoms with Gasteiger partial charge in [-0.2, -0.15) is 13.2 Å². The van der Waals surface area contributed by atoms with Crippen molar-refractivity contribution in [3.63, 3.8) is 0 Å². The predicted octanol–water partition coefficient (Wildman–Crippen LogP) is 0.976. The smallest absolute Gasteiger partial charge is 0.427 e. The summed E-state index contributed by atoms with van der Waals surface area (Å²) in [7, 11) is 0. The molecule has 0 saturated heterocycles. The quantitative estimate of drug-likeness (QED) is 0.490. The fourth-order valence-corrected chi connectivity index (χ4v) is 0.479. The minimum absolute atomic E-state index is 0.302. The van der Waals surface area contributed by atoms with Crippen molar-refractivity contribution in [1.29, 1.82) is 0 Å². The molecular weight excluding hydrogens is 135 g/mol. The minimum atomic E-state index is -4.27. The van der Waals surface area contributed by atoms with Gasteiger partial charge >= 0.3 is 6.18 Å². The van der Waals surface area contributed by atoms with Crippen molar-refractivity contribution in [2.75, 3.05) is 6.54 Å². The Balaban J connectivity index is 2.46. The van der Waals surface area contributed by atoms with Crippen molar-refractivity contribution in [2.24, 2.45) is 4.99 Å². The van der Waals surface area contributed by atoms with Crippen LogP contribution < -0.4 is 0 Å². The number of aliphatic imine (C=N–C) groups is 1. The van der Waals surface area contributed by atoms with E-state index in [1.165, 1.54) is 0 Å². The fraction of sp³-hybridized carbons (Fsp3) is 0.750. The lowest BCUT2D eigenvalue weighted by molar-refractivity contribution is -0.189. The number of hydrogen-bond donors (Lipinski definition) is 0. The summed E-state index contributed by atoms with van der Waals surface area (Å²) in [5.74, 6) is 0. The van der Waals surface area contributed by atoms with E-state index in [1.54, 1.807) is 0 Å². The van der Waals surface area contributed by atoms with Crippen LogP contribution in [0.3, 0.4) is 0 Å². The monoisotopic (exact) mass is 139 g/mol. The second kappa shape index (κ2) is 1.89. The third kappa shape index (κ3) is 1.34. The van der Waals surface area contributed by atoms with E-state index >= 15 is 0 Å². The molecule has 0 radical (unpaired) electrons. The molecule has 5 heteroatoms. The molecule has 1 heterocycles. The molecular formula is C4H4F3NO. The Kier molecular flexibility index (Phi) is 1.34. The van der Waals surface area contributed by atoms with Crippen molar-refractivity contribution in [2.45, 2.75) is 12.3 Å². The average molecular weight is 139 g/mol. The third-order valence-corrected chi connectivity index (χ3v) is 0.936. The Morgan fingerprint density at radius 1 is 1.56 bits per heavy atom. The second-order valence-corrected chi connectivity index (χ2v) is 1.64. The first kappa shape index (κ1) is 6.38. The maximum Gasteiger partial charge on any atom is 0.427 e. The molecule has 2 nitrogen and oxygen atoms in total. The Bertz CT molecular complexity index is 122. The summed E-state index contributed by atoms with van der Waals surface area (Å²) in [6.07, 6.45) is -5.15. The van der Waals surface area contributed by atoms with Crippen LogP contribution in [-0.2, 0) is 4.74 Å². The highest BCUT2D eigenvalue weighted by molar-refractivity contribution is 5.49. The van der Waals surface area contributed by atoms with E-state index in [0.717, 1.165) is 6.40 Å². The summed E-state index contributed by atoms with van der Waals surface area (Å²) in [6.45, 7) is -0.302. The maximum absolute atomic E-state index is 11.6. The van der Waals surface area contributed by atoms with E-state index in [4.69, 9.17) is 0 Å². The van der Waals surface area contributed by atoms with Gasteiger partial charge < -0.3 is 4.74 Å². The van der Waals surface area contributed by atoms with Crippen LogP contribution in [0.2, 0.25) is 0 Å². The van der Waals surface area contributed by atoms with Crippen molar-refractivity contribution in [3.8, 4) is 0 Å². The molecule has 0 bridgehead atoms. The predicted molar refractivity (Wildman–Crippen MR) is 24.3 cm³/mol. The number of rotatable bonds is 0. The molecule has 1 atom stereocenters. The number of nitrogens with zero attached hydrogens (tertiary/aromatic N) is 1. The molecule has 1 unspecified atom stereocenters. The molecule has 1 aliphatic heterocycles. The molecule has 0 spiro atoms. The zero-order chi connectivity index (χ0) is 6.91. The summed E-state index contributed by atoms with van der Waals surface area (Å²) >= 11 is 0. The minimum Gasteiger partial charge on any atom is -0.469 e. The lowest BCUT2D eigenvalue weighted by Gasteiger charge is -2.11. The molecule has 1 rings (SSSR count). The first-order valence-electron chi connectivity index (χ1n) is 2.31. The molecule has 0 aromatic rings. The van der Waals surface area contributed by atoms with Gasteiger partial charge in [-0.25, -0.2) is 0 Å². The SMILES string of the molecule is FC(F)(F)C1CN=CO1. The largest absolute Gasteiger partial charge is 0.469 e. The van der Waals surface area contributed by atoms with Crippen LogP contribution in [0.1, 0.15) is 0 Å². The van der Waals surface area contributed by atoms with Gasteiger partial charge in [-0.15, -0.1) is 0 Å². The Morgan fingerprint density at radius 3 is 2.44 bits per heavy atom. The van der Waals surface area contributed by atoms with Gasteiger partial charge in [0, 0.05) is 0 Å². The standard InChI is InChI=1S/C4H4F3NO/c5-4(6,7)3-1-8-2-9-3/h2-3H,1H2. The van der Waals surface area contributed by atoms with Crippen LogP contribution in [0.4, 0.5) is 13.2 Å². The van der Waals surface area contributed by atoms with Crippen molar-refractivity contribution < 1.29 is 17.9 Å². The Hall–Kier alpha value is -0.740. The van der Waals surface area contributed by atoms with Crippen LogP contribution in [0.25, 0.3) is 0 Å². The summed E-state index contributed by atoms with van der Waals surface area (Å²) in [4.78, 5) is 3.26. The lowest BCUT2D eigenvalue weighted by Crippen LogP contribution is -2.30. The fourth-order valence-electron chi connectivity index (χ4n) is 0.479. The van der Waals surface area contributed by atoms with Gasteiger partial charge in [-0.05, 0) is 0 Å². The highest BCUT2D eigenvalue weighted by Gasteiger charge is 2.42. The third-order valence-electron chi connectivity index (χ3n) is 0.936. The number of hydrogen-bond acceptors (Lipinski definition) is 2. The summed E-state index contributed by atoms with van der Waals surface area (Å²) in [5.41, 5.74) is 0. The van der Waals surface area contributed by atoms with Gasteiger partial charge in [0.25, 0.3) is 0 Å². The van der Waals surface area contributed by atoms with E-state index in [9.17, 15) is 13.2 Å². The van der Waals surface area contributed by atoms with Crippen LogP contribution in [-0.4, -0.2) is 25.2 Å². The zero-order valence-corrected chi connectivity index (χ0v) is 4.35. The van der Waals surface area contributed by atoms with Crippen LogP contribution in [0.15, 0.2) is 4.99 Å². The molecule has 52 valence electrons. The second-order valence-electron chi connectivity index (χ2n) is 1.64. The number of alkyl halides is 3. The van der Waals surface area contributed by atoms with Gasteiger partial charge in [0.15, 0.2) is 6.40 Å². The summed E-state index contributed by atoms with van der Waals surface area (Å²) in [5, 5.41) is 0. The highest BCUT2D eigenvalue weighted by Crippen LogP contribution is 2.24. The van der Waals surface area contributed by atoms with Gasteiger partial charge in [-0.3, -0.25) is 4.99 Å². The molecule has 0 fully saturated rings. The van der Waals surface area contributed by atoms with E-state index in [1.807, 2.05) is 0 Å². The molecule has 0 amide bonds. The van der Waals surface area contributed by atoms with E-state index < -0.39 is 12.3 Å². The van der Waals surface area contributed by atoms with E-state index in [-0.39, 0.29) is 6.54 Å². The molecule has 0 N–H and O–H groups in total. The Morgan fingerprint density at radius 2 is 2.22 bits per heavy atom. The van der Waals surface area contributed by atoms with E-state index in [2.05, 4.69) is 9.73 Å². The molecule has 0 aliphatic carbocycles. The molecule has 0 saturated carbocycles. The van der Waals surface area contributed by atoms with E-state index in [0.29, 0.717) is 0 Å². The summed E-state index contributed by atoms with van der Waals surface area (Å²) < 4.78 is 38.8. The van der Waals surface area contributed by atoms with Gasteiger partial charge in [0.05, 0.1) is 6.54 Å². The van der Waals surface area contributed by atoms with Crippen molar-refractivity contribution >= 4 is 6.40 Å². The highest BCUT2D eigenvalue weighted by atomic mass is 19.4. The number of halogens is 3. The van der Waals surface area contributed by atoms with Gasteiger partial charge in [-0.1, -0.05) is 0 Å². The van der Waals surface area contributed by atoms with Crippen molar-refractivity contribution in [1.82, 2.24) is 0 Å². The lowest BCUT2D eigenvalue weighted by atomic mass is 10.4. The first-order valence-corrected chi connectivity index (χ1v) is 2.31. The van der Waals surface area contributed by atoms with Crippen LogP contribution >= 0.6 is 0 Å². The van der Waals surface area contributed by atoms with Crippen LogP contribution in [0.5, 0.6) is 0 Å². The number of ether oxygens (including phenoxy) is 1.